The molecule has 6 fully saturated rings. The van der Waals surface area contributed by atoms with Gasteiger partial charge in [-0.05, 0) is 160 Å². The summed E-state index contributed by atoms with van der Waals surface area (Å²) >= 11 is 12.5. The first kappa shape index (κ1) is 83.9. The van der Waals surface area contributed by atoms with Gasteiger partial charge in [-0.15, -0.1) is 0 Å². The molecule has 2 saturated carbocycles. The molecule has 4 N–H and O–H groups in total. The average molecular weight is 1620 g/mol. The fraction of sp³-hybridized carbons (Fsp3) is 0.489. The third-order valence-corrected chi connectivity index (χ3v) is 25.9. The zero-order valence-electron chi connectivity index (χ0n) is 67.4. The van der Waals surface area contributed by atoms with Gasteiger partial charge in [-0.1, -0.05) is 129 Å². The van der Waals surface area contributed by atoms with Crippen LogP contribution in [0.3, 0.4) is 0 Å². The number of nitriles is 2. The molecule has 612 valence electrons. The van der Waals surface area contributed by atoms with E-state index in [1.165, 1.54) is 33.1 Å². The molecule has 6 heterocycles. The molecule has 0 radical (unpaired) electrons. The number of amides is 8. The van der Waals surface area contributed by atoms with Gasteiger partial charge in [-0.3, -0.25) is 58.8 Å². The number of piperazine rings is 2. The van der Waals surface area contributed by atoms with E-state index in [4.69, 9.17) is 32.7 Å². The molecule has 14 rings (SSSR count). The van der Waals surface area contributed by atoms with Crippen molar-refractivity contribution in [2.45, 2.75) is 195 Å². The van der Waals surface area contributed by atoms with Gasteiger partial charge in [0, 0.05) is 146 Å². The molecular weight excluding hydrogens is 1520 g/mol. The summed E-state index contributed by atoms with van der Waals surface area (Å²) in [6.07, 6.45) is 11.2. The molecule has 22 nitrogen and oxygen atoms in total. The molecule has 6 aromatic carbocycles. The normalized spacial score (nSPS) is 22.5. The molecule has 4 saturated heterocycles. The van der Waals surface area contributed by atoms with Crippen LogP contribution >= 0.6 is 23.2 Å². The summed E-state index contributed by atoms with van der Waals surface area (Å²) in [4.78, 5) is 113. The summed E-state index contributed by atoms with van der Waals surface area (Å²) in [7, 11) is 0. The number of nitrogens with zero attached hydrogens (tertiary/aromatic N) is 8. The van der Waals surface area contributed by atoms with Gasteiger partial charge in [0.15, 0.2) is 0 Å². The van der Waals surface area contributed by atoms with Gasteiger partial charge in [0.05, 0.1) is 32.5 Å². The number of unbranched alkanes of at least 4 members (excludes halogenated alkanes) is 6. The van der Waals surface area contributed by atoms with Crippen LogP contribution in [0, 0.1) is 56.0 Å². The van der Waals surface area contributed by atoms with Crippen molar-refractivity contribution in [1.82, 2.24) is 40.9 Å². The number of rotatable bonds is 26. The van der Waals surface area contributed by atoms with Gasteiger partial charge in [0.2, 0.25) is 23.6 Å². The third-order valence-electron chi connectivity index (χ3n) is 25.3. The number of piperidine rings is 2. The Morgan fingerprint density at radius 2 is 0.853 bits per heavy atom. The van der Waals surface area contributed by atoms with Crippen LogP contribution in [0.2, 0.25) is 10.0 Å². The molecule has 116 heavy (non-hydrogen) atoms. The highest BCUT2D eigenvalue weighted by Crippen LogP contribution is 2.57. The number of benzene rings is 6. The van der Waals surface area contributed by atoms with Crippen LogP contribution in [-0.4, -0.2) is 169 Å². The predicted molar refractivity (Wildman–Crippen MR) is 438 cm³/mol. The van der Waals surface area contributed by atoms with E-state index in [2.05, 4.69) is 98.6 Å². The van der Waals surface area contributed by atoms with Gasteiger partial charge in [-0.2, -0.15) is 10.5 Å². The van der Waals surface area contributed by atoms with Crippen molar-refractivity contribution < 1.29 is 56.6 Å². The van der Waals surface area contributed by atoms with Crippen molar-refractivity contribution >= 4 is 81.8 Å². The average Bonchev–Trinajstić information content (AvgIpc) is 0.930. The summed E-state index contributed by atoms with van der Waals surface area (Å²) in [5, 5.41) is 30.2. The number of hydrogen-bond donors (Lipinski definition) is 4. The summed E-state index contributed by atoms with van der Waals surface area (Å²) in [5.41, 5.74) is 6.01. The number of imide groups is 2. The van der Waals surface area contributed by atoms with Gasteiger partial charge in [0.1, 0.15) is 59.6 Å². The van der Waals surface area contributed by atoms with Crippen molar-refractivity contribution in [2.75, 3.05) is 75.2 Å². The zero-order chi connectivity index (χ0) is 82.7. The number of fused-ring (bicyclic) bond motifs is 2. The van der Waals surface area contributed by atoms with E-state index < -0.39 is 29.7 Å². The van der Waals surface area contributed by atoms with E-state index in [1.54, 1.807) is 48.5 Å². The summed E-state index contributed by atoms with van der Waals surface area (Å²) < 4.78 is 43.4. The monoisotopic (exact) mass is 1620 g/mol. The molecule has 2 atom stereocenters. The molecule has 0 bridgehead atoms. The van der Waals surface area contributed by atoms with E-state index in [0.717, 1.165) is 103 Å². The van der Waals surface area contributed by atoms with Crippen LogP contribution < -0.4 is 40.5 Å². The molecule has 8 amide bonds. The number of anilines is 2. The fourth-order valence-corrected chi connectivity index (χ4v) is 19.8. The second-order valence-electron chi connectivity index (χ2n) is 34.7. The Morgan fingerprint density at radius 1 is 0.483 bits per heavy atom. The van der Waals surface area contributed by atoms with Gasteiger partial charge in [0.25, 0.3) is 23.6 Å². The number of nitrogens with one attached hydrogen (secondary N) is 4. The Kier molecular flexibility index (Phi) is 25.4. The molecule has 2 aliphatic carbocycles. The van der Waals surface area contributed by atoms with Crippen LogP contribution in [0.4, 0.5) is 20.2 Å². The summed E-state index contributed by atoms with van der Waals surface area (Å²) in [6, 6.07) is 34.5. The molecule has 6 aromatic rings. The minimum absolute atomic E-state index is 0.106. The van der Waals surface area contributed by atoms with E-state index in [-0.39, 0.29) is 132 Å². The SMILES string of the molecule is CC1(C)C(NC(=O)c2ccc(CCCCCCN3CCN(c4cc5c(cc4F)C(=O)N(C4CCC(=O)NC4=O)C5)CC3)cc2)C(C)(C)C1Oc1ccc(C#N)c(Cl)c1.CC1(C)C(NC(=O)c2ccc(CCCCCCN3CCN(c4cc5c(cc4F)CN(C4CCC(=O)NC4=O)C5=O)CC3)cc2)C(C)(C)C1Oc1ccc(C#N)c(Cl)c1. The van der Waals surface area contributed by atoms with Crippen LogP contribution in [0.1, 0.15) is 207 Å². The lowest BCUT2D eigenvalue weighted by atomic mass is 9.49. The second kappa shape index (κ2) is 35.1. The maximum atomic E-state index is 15.3. The lowest BCUT2D eigenvalue weighted by Gasteiger charge is -2.63. The third kappa shape index (κ3) is 17.9. The van der Waals surface area contributed by atoms with Crippen LogP contribution in [0.25, 0.3) is 0 Å². The van der Waals surface area contributed by atoms with E-state index in [0.29, 0.717) is 98.0 Å². The quantitative estimate of drug-likeness (QED) is 0.0290. The minimum Gasteiger partial charge on any atom is -0.489 e. The summed E-state index contributed by atoms with van der Waals surface area (Å²) in [6.45, 7) is 25.1. The van der Waals surface area contributed by atoms with Crippen molar-refractivity contribution in [3.8, 4) is 23.6 Å². The van der Waals surface area contributed by atoms with E-state index >= 15 is 8.78 Å². The topological polar surface area (TPSA) is 270 Å². The fourth-order valence-electron chi connectivity index (χ4n) is 19.4. The highest BCUT2D eigenvalue weighted by Gasteiger charge is 2.65. The maximum Gasteiger partial charge on any atom is 0.255 e. The van der Waals surface area contributed by atoms with Gasteiger partial charge in [-0.25, -0.2) is 8.78 Å². The largest absolute Gasteiger partial charge is 0.489 e. The standard InChI is InChI=1S/2C45H52ClFN6O5/c1-44(2)42(45(3,4)43(44)58-32-15-14-30(26-48)34(46)24-32)50-39(55)29-12-10-28(11-13-29)9-7-5-6-8-18-51-19-21-52(22-20-51)37-23-31-27-53(41(57)33(31)25-35(37)47)36-16-17-38(54)49-40(36)56;1-44(2)42(45(3,4)43(44)58-32-15-14-30(26-48)34(46)24-32)50-39(55)29-12-10-28(11-13-29)9-7-5-6-8-18-51-19-21-52(22-20-51)37-25-33-31(23-35(37)47)27-53(41(33)57)36-16-17-38(54)49-40(36)56/h2*10-15,23-25,36,42-43H,5-9,16-22,27H2,1-4H3,(H,50,55)(H,49,54,56). The first-order valence-corrected chi connectivity index (χ1v) is 41.5. The second-order valence-corrected chi connectivity index (χ2v) is 35.5. The summed E-state index contributed by atoms with van der Waals surface area (Å²) in [5.74, 6) is -2.10. The molecular formula is C90H104Cl2F2N12O10. The smallest absolute Gasteiger partial charge is 0.255 e. The Balaban J connectivity index is 0.000000202. The van der Waals surface area contributed by atoms with Crippen LogP contribution in [-0.2, 0) is 45.1 Å². The maximum absolute atomic E-state index is 15.3. The number of carbonyl (C=O) groups is 8. The number of halogens is 4. The Bertz CT molecular complexity index is 4790. The van der Waals surface area contributed by atoms with Crippen LogP contribution in [0.15, 0.2) is 109 Å². The van der Waals surface area contributed by atoms with Crippen molar-refractivity contribution in [3.63, 3.8) is 0 Å². The van der Waals surface area contributed by atoms with E-state index in [9.17, 15) is 48.9 Å². The Hall–Kier alpha value is -9.98. The molecule has 0 aromatic heterocycles. The predicted octanol–water partition coefficient (Wildman–Crippen LogP) is 13.3. The minimum atomic E-state index is -0.723. The van der Waals surface area contributed by atoms with Crippen molar-refractivity contribution in [3.05, 3.63) is 187 Å². The Morgan fingerprint density at radius 3 is 1.24 bits per heavy atom. The van der Waals surface area contributed by atoms with Crippen molar-refractivity contribution in [2.24, 2.45) is 21.7 Å². The van der Waals surface area contributed by atoms with Crippen molar-refractivity contribution in [1.29, 1.82) is 10.5 Å². The first-order chi connectivity index (χ1) is 55.3. The number of ether oxygens (including phenoxy) is 2. The Labute approximate surface area is 687 Å². The highest BCUT2D eigenvalue weighted by atomic mass is 35.5. The van der Waals surface area contributed by atoms with Gasteiger partial charge < -0.3 is 39.7 Å². The number of aryl methyl sites for hydroxylation is 2. The lowest BCUT2D eigenvalue weighted by molar-refractivity contribution is -0.164. The highest BCUT2D eigenvalue weighted by molar-refractivity contribution is 6.32. The molecule has 2 unspecified atom stereocenters. The molecule has 6 aliphatic heterocycles. The zero-order valence-corrected chi connectivity index (χ0v) is 68.9. The van der Waals surface area contributed by atoms with E-state index in [1.807, 2.05) is 58.3 Å². The molecule has 26 heteroatoms. The lowest BCUT2D eigenvalue weighted by Crippen LogP contribution is -2.74. The number of carbonyl (C=O) groups excluding carboxylic acids is 8. The molecule has 0 spiro atoms. The number of hydrogen-bond acceptors (Lipinski definition) is 16. The van der Waals surface area contributed by atoms with Crippen LogP contribution in [0.5, 0.6) is 11.5 Å². The first-order valence-electron chi connectivity index (χ1n) is 40.8. The van der Waals surface area contributed by atoms with Gasteiger partial charge >= 0.3 is 0 Å². The molecule has 8 aliphatic rings.